The van der Waals surface area contributed by atoms with Crippen molar-refractivity contribution >= 4 is 17.2 Å². The summed E-state index contributed by atoms with van der Waals surface area (Å²) < 4.78 is 0. The van der Waals surface area contributed by atoms with Crippen molar-refractivity contribution in [2.75, 3.05) is 24.6 Å². The second-order valence-corrected chi connectivity index (χ2v) is 6.83. The molecule has 88 valence electrons. The van der Waals surface area contributed by atoms with Crippen LogP contribution in [0.15, 0.2) is 0 Å². The van der Waals surface area contributed by atoms with Gasteiger partial charge in [0.1, 0.15) is 0 Å². The summed E-state index contributed by atoms with van der Waals surface area (Å²) in [6, 6.07) is 0. The Morgan fingerprint density at radius 2 is 1.07 bits per heavy atom. The van der Waals surface area contributed by atoms with E-state index < -0.39 is 0 Å². The first-order chi connectivity index (χ1) is 6.83. The Morgan fingerprint density at radius 3 is 1.29 bits per heavy atom. The molecule has 0 amide bonds. The van der Waals surface area contributed by atoms with Crippen molar-refractivity contribution in [3.63, 3.8) is 0 Å². The molecule has 0 rings (SSSR count). The molecular formula is C12H30P2. The molecule has 0 fully saturated rings. The van der Waals surface area contributed by atoms with Crippen LogP contribution < -0.4 is 0 Å². The molecular weight excluding hydrogens is 206 g/mol. The van der Waals surface area contributed by atoms with Gasteiger partial charge in [0.2, 0.25) is 0 Å². The van der Waals surface area contributed by atoms with Crippen LogP contribution in [-0.4, -0.2) is 24.6 Å². The zero-order chi connectivity index (χ0) is 11.1. The number of rotatable bonds is 8. The number of unbranched alkanes of at least 4 members (excludes halogenated alkanes) is 2. The zero-order valence-corrected chi connectivity index (χ0v) is 12.7. The summed E-state index contributed by atoms with van der Waals surface area (Å²) in [5.74, 6) is 0. The van der Waals surface area contributed by atoms with Crippen molar-refractivity contribution in [3.8, 4) is 0 Å². The maximum Gasteiger partial charge on any atom is -0.0354 e. The number of hydrogen-bond donors (Lipinski definition) is 0. The van der Waals surface area contributed by atoms with E-state index in [-0.39, 0.29) is 0 Å². The van der Waals surface area contributed by atoms with Gasteiger partial charge in [-0.3, -0.25) is 0 Å². The normalized spacial score (nSPS) is 9.43. The Kier molecular flexibility index (Phi) is 24.0. The molecule has 14 heavy (non-hydrogen) atoms. The van der Waals surface area contributed by atoms with Gasteiger partial charge in [-0.05, 0) is 37.5 Å². The van der Waals surface area contributed by atoms with E-state index >= 15 is 0 Å². The fourth-order valence-corrected chi connectivity index (χ4v) is 2.94. The van der Waals surface area contributed by atoms with Crippen LogP contribution >= 0.6 is 17.2 Å². The van der Waals surface area contributed by atoms with Crippen molar-refractivity contribution in [2.45, 2.75) is 53.4 Å². The molecule has 0 unspecified atom stereocenters. The Hall–Kier alpha value is 0.860. The molecule has 0 aliphatic rings. The maximum absolute atomic E-state index is 2.27. The van der Waals surface area contributed by atoms with Crippen molar-refractivity contribution in [3.05, 3.63) is 0 Å². The van der Waals surface area contributed by atoms with Gasteiger partial charge in [-0.25, -0.2) is 0 Å². The van der Waals surface area contributed by atoms with Crippen LogP contribution in [0.1, 0.15) is 53.4 Å². The summed E-state index contributed by atoms with van der Waals surface area (Å²) in [7, 11) is 2.44. The van der Waals surface area contributed by atoms with Gasteiger partial charge in [-0.1, -0.05) is 40.5 Å². The van der Waals surface area contributed by atoms with Gasteiger partial charge in [0.05, 0.1) is 0 Å². The third-order valence-corrected chi connectivity index (χ3v) is 4.33. The van der Waals surface area contributed by atoms with E-state index in [1.807, 2.05) is 0 Å². The third-order valence-electron chi connectivity index (χ3n) is 1.91. The standard InChI is InChI=1S/C8H19P.C4H11P/c1-3-5-7-9-8-6-4-2;1-3-5-4-2/h9H,3-8H2,1-2H3;5H,3-4H2,1-2H3. The third kappa shape index (κ3) is 23.0. The van der Waals surface area contributed by atoms with E-state index in [4.69, 9.17) is 0 Å². The van der Waals surface area contributed by atoms with Crippen LogP contribution in [0.3, 0.4) is 0 Å². The van der Waals surface area contributed by atoms with Gasteiger partial charge in [0, 0.05) is 0 Å². The van der Waals surface area contributed by atoms with Crippen LogP contribution in [-0.2, 0) is 0 Å². The van der Waals surface area contributed by atoms with Crippen molar-refractivity contribution in [1.29, 1.82) is 0 Å². The largest absolute Gasteiger partial charge is 0.123 e. The van der Waals surface area contributed by atoms with E-state index in [1.165, 1.54) is 67.5 Å². The minimum absolute atomic E-state index is 1.20. The van der Waals surface area contributed by atoms with Crippen molar-refractivity contribution in [1.82, 2.24) is 0 Å². The smallest absolute Gasteiger partial charge is 0.0354 e. The van der Waals surface area contributed by atoms with Gasteiger partial charge in [-0.15, -0.1) is 17.2 Å². The quantitative estimate of drug-likeness (QED) is 0.412. The highest BCUT2D eigenvalue weighted by Gasteiger charge is 1.85. The molecule has 0 heterocycles. The lowest BCUT2D eigenvalue weighted by Gasteiger charge is -1.96. The molecule has 0 saturated carbocycles. The van der Waals surface area contributed by atoms with Crippen LogP contribution in [0.4, 0.5) is 0 Å². The molecule has 0 aliphatic carbocycles. The Bertz CT molecular complexity index is 66.7. The van der Waals surface area contributed by atoms with Crippen LogP contribution in [0, 0.1) is 0 Å². The summed E-state index contributed by atoms with van der Waals surface area (Å²) >= 11 is 0. The lowest BCUT2D eigenvalue weighted by atomic mass is 10.4. The molecule has 0 aromatic carbocycles. The topological polar surface area (TPSA) is 0 Å². The molecule has 0 radical (unpaired) electrons. The molecule has 0 nitrogen and oxygen atoms in total. The second-order valence-electron chi connectivity index (χ2n) is 3.41. The monoisotopic (exact) mass is 236 g/mol. The predicted molar refractivity (Wildman–Crippen MR) is 77.3 cm³/mol. The average molecular weight is 236 g/mol. The van der Waals surface area contributed by atoms with Crippen LogP contribution in [0.5, 0.6) is 0 Å². The molecule has 0 aliphatic heterocycles. The fraction of sp³-hybridized carbons (Fsp3) is 1.00. The van der Waals surface area contributed by atoms with Crippen LogP contribution in [0.25, 0.3) is 0 Å². The van der Waals surface area contributed by atoms with Gasteiger partial charge in [-0.2, -0.15) is 0 Å². The lowest BCUT2D eigenvalue weighted by molar-refractivity contribution is 0.874. The summed E-state index contributed by atoms with van der Waals surface area (Å²) in [5.41, 5.74) is 0. The summed E-state index contributed by atoms with van der Waals surface area (Å²) in [6.07, 6.45) is 11.3. The lowest BCUT2D eigenvalue weighted by Crippen LogP contribution is -1.78. The predicted octanol–water partition coefficient (Wildman–Crippen LogP) is 4.97. The second kappa shape index (κ2) is 19.4. The molecule has 0 atom stereocenters. The van der Waals surface area contributed by atoms with Crippen molar-refractivity contribution in [2.24, 2.45) is 0 Å². The van der Waals surface area contributed by atoms with Gasteiger partial charge >= 0.3 is 0 Å². The fourth-order valence-electron chi connectivity index (χ4n) is 0.979. The maximum atomic E-state index is 2.27. The van der Waals surface area contributed by atoms with Gasteiger partial charge in [0.15, 0.2) is 0 Å². The van der Waals surface area contributed by atoms with Gasteiger partial charge in [0.25, 0.3) is 0 Å². The van der Waals surface area contributed by atoms with E-state index in [2.05, 4.69) is 27.7 Å². The SMILES string of the molecule is CCCCPCCCC.CCPCC. The molecule has 0 saturated heterocycles. The highest BCUT2D eigenvalue weighted by Crippen LogP contribution is 2.14. The molecule has 2 heteroatoms. The molecule has 0 spiro atoms. The summed E-state index contributed by atoms with van der Waals surface area (Å²) in [6.45, 7) is 8.98. The number of hydrogen-bond acceptors (Lipinski definition) is 0. The van der Waals surface area contributed by atoms with E-state index in [9.17, 15) is 0 Å². The molecule has 0 N–H and O–H groups in total. The minimum Gasteiger partial charge on any atom is -0.123 e. The molecule has 0 aromatic heterocycles. The highest BCUT2D eigenvalue weighted by atomic mass is 31.1. The van der Waals surface area contributed by atoms with E-state index in [0.717, 1.165) is 0 Å². The van der Waals surface area contributed by atoms with E-state index in [1.54, 1.807) is 0 Å². The Balaban J connectivity index is 0. The minimum atomic E-state index is 1.20. The van der Waals surface area contributed by atoms with Crippen LogP contribution in [0.2, 0.25) is 0 Å². The first-order valence-corrected chi connectivity index (χ1v) is 9.07. The average Bonchev–Trinajstić information content (AvgIpc) is 2.20. The molecule has 0 aromatic rings. The zero-order valence-electron chi connectivity index (χ0n) is 10.7. The van der Waals surface area contributed by atoms with Gasteiger partial charge < -0.3 is 0 Å². The summed E-state index contributed by atoms with van der Waals surface area (Å²) in [5, 5.41) is 0. The first kappa shape index (κ1) is 17.3. The highest BCUT2D eigenvalue weighted by molar-refractivity contribution is 7.38. The molecule has 0 bridgehead atoms. The Labute approximate surface area is 95.6 Å². The van der Waals surface area contributed by atoms with E-state index in [0.29, 0.717) is 0 Å². The Morgan fingerprint density at radius 1 is 0.643 bits per heavy atom. The first-order valence-electron chi connectivity index (χ1n) is 6.24. The summed E-state index contributed by atoms with van der Waals surface area (Å²) in [4.78, 5) is 0. The van der Waals surface area contributed by atoms with Crippen molar-refractivity contribution < 1.29 is 0 Å².